The number of hydrogen-bond acceptors (Lipinski definition) is 4. The van der Waals surface area contributed by atoms with Gasteiger partial charge in [0, 0.05) is 18.9 Å². The van der Waals surface area contributed by atoms with Crippen LogP contribution in [0.3, 0.4) is 0 Å². The monoisotopic (exact) mass is 272 g/mol. The zero-order valence-corrected chi connectivity index (χ0v) is 11.6. The molecule has 1 amide bonds. The zero-order valence-electron chi connectivity index (χ0n) is 11.6. The molecule has 0 aliphatic heterocycles. The van der Waals surface area contributed by atoms with Gasteiger partial charge in [-0.05, 0) is 19.3 Å². The predicted molar refractivity (Wildman–Crippen MR) is 71.6 cm³/mol. The summed E-state index contributed by atoms with van der Waals surface area (Å²) in [7, 11) is 0. The molecule has 0 heterocycles. The normalized spacial score (nSPS) is 12.2. The van der Waals surface area contributed by atoms with E-state index in [0.717, 1.165) is 12.8 Å². The van der Waals surface area contributed by atoms with Crippen LogP contribution in [0.2, 0.25) is 0 Å². The van der Waals surface area contributed by atoms with Crippen molar-refractivity contribution in [2.75, 3.05) is 6.54 Å². The van der Waals surface area contributed by atoms with Crippen molar-refractivity contribution >= 4 is 17.7 Å². The molecule has 0 saturated carbocycles. The maximum absolute atomic E-state index is 11.5. The molecule has 0 aromatic rings. The molecule has 0 saturated heterocycles. The predicted octanol–water partition coefficient (Wildman–Crippen LogP) is 0.690. The Morgan fingerprint density at radius 1 is 1.16 bits per heavy atom. The molecule has 6 heteroatoms. The summed E-state index contributed by atoms with van der Waals surface area (Å²) < 4.78 is 0. The fraction of sp³-hybridized carbons (Fsp3) is 0.769. The van der Waals surface area contributed by atoms with E-state index in [1.807, 2.05) is 13.8 Å². The average Bonchev–Trinajstić information content (AvgIpc) is 2.34. The van der Waals surface area contributed by atoms with Crippen LogP contribution in [0.15, 0.2) is 0 Å². The molecule has 4 N–H and O–H groups in total. The average molecular weight is 272 g/mol. The Morgan fingerprint density at radius 2 is 1.79 bits per heavy atom. The first-order valence-corrected chi connectivity index (χ1v) is 6.62. The highest BCUT2D eigenvalue weighted by molar-refractivity contribution is 5.85. The Bertz CT molecular complexity index is 316. The van der Waals surface area contributed by atoms with Gasteiger partial charge < -0.3 is 16.2 Å². The maximum atomic E-state index is 11.5. The van der Waals surface area contributed by atoms with Gasteiger partial charge in [-0.15, -0.1) is 0 Å². The van der Waals surface area contributed by atoms with E-state index in [1.54, 1.807) is 0 Å². The highest BCUT2D eigenvalue weighted by atomic mass is 16.4. The number of carbonyl (C=O) groups is 3. The van der Waals surface area contributed by atoms with Gasteiger partial charge in [-0.2, -0.15) is 0 Å². The molecule has 1 unspecified atom stereocenters. The first kappa shape index (κ1) is 17.6. The topological polar surface area (TPSA) is 109 Å². The number of nitrogens with two attached hydrogens (primary N) is 1. The van der Waals surface area contributed by atoms with Crippen LogP contribution in [0.4, 0.5) is 0 Å². The van der Waals surface area contributed by atoms with Gasteiger partial charge in [0.15, 0.2) is 5.78 Å². The molecule has 19 heavy (non-hydrogen) atoms. The Kier molecular flexibility index (Phi) is 8.78. The number of carboxylic acids is 1. The number of hydrogen-bond donors (Lipinski definition) is 3. The zero-order chi connectivity index (χ0) is 14.8. The lowest BCUT2D eigenvalue weighted by molar-refractivity contribution is -0.138. The van der Waals surface area contributed by atoms with Crippen molar-refractivity contribution in [3.05, 3.63) is 0 Å². The van der Waals surface area contributed by atoms with Crippen LogP contribution >= 0.6 is 0 Å². The number of nitrogens with one attached hydrogen (secondary N) is 1. The van der Waals surface area contributed by atoms with Gasteiger partial charge >= 0.3 is 5.97 Å². The molecule has 0 aromatic heterocycles. The number of amides is 1. The number of Topliss-reactive ketones (excluding diaryl/α,β-unsaturated/α-hetero) is 1. The van der Waals surface area contributed by atoms with E-state index < -0.39 is 12.0 Å². The van der Waals surface area contributed by atoms with E-state index in [0.29, 0.717) is 13.0 Å². The van der Waals surface area contributed by atoms with Gasteiger partial charge in [-0.1, -0.05) is 13.8 Å². The maximum Gasteiger partial charge on any atom is 0.303 e. The van der Waals surface area contributed by atoms with Crippen LogP contribution in [0.1, 0.15) is 46.0 Å². The summed E-state index contributed by atoms with van der Waals surface area (Å²) in [6, 6.07) is -0.428. The second-order valence-corrected chi connectivity index (χ2v) is 4.90. The molecule has 1 atom stereocenters. The molecule has 6 nitrogen and oxygen atoms in total. The van der Waals surface area contributed by atoms with Crippen LogP contribution in [0.25, 0.3) is 0 Å². The molecule has 110 valence electrons. The van der Waals surface area contributed by atoms with Gasteiger partial charge in [0.2, 0.25) is 5.91 Å². The molecular formula is C13H24N2O4. The summed E-state index contributed by atoms with van der Waals surface area (Å²) in [5, 5.41) is 11.0. The molecule has 0 fully saturated rings. The lowest BCUT2D eigenvalue weighted by atomic mass is 9.98. The van der Waals surface area contributed by atoms with Crippen molar-refractivity contribution in [1.29, 1.82) is 0 Å². The smallest absolute Gasteiger partial charge is 0.303 e. The number of carboxylic acid groups (broad SMARTS) is 1. The molecule has 0 bridgehead atoms. The second-order valence-electron chi connectivity index (χ2n) is 4.90. The van der Waals surface area contributed by atoms with E-state index in [1.165, 1.54) is 0 Å². The standard InChI is InChI=1S/C13H24N2O4/c1-9(2)13(19)10(14)5-3-4-8-15-11(16)6-7-12(17)18/h9-10H,3-8,14H2,1-2H3,(H,15,16)(H,17,18). The van der Waals surface area contributed by atoms with Gasteiger partial charge in [0.25, 0.3) is 0 Å². The molecular weight excluding hydrogens is 248 g/mol. The van der Waals surface area contributed by atoms with Crippen molar-refractivity contribution in [1.82, 2.24) is 5.32 Å². The lowest BCUT2D eigenvalue weighted by Crippen LogP contribution is -2.33. The highest BCUT2D eigenvalue weighted by Crippen LogP contribution is 2.05. The SMILES string of the molecule is CC(C)C(=O)C(N)CCCCNC(=O)CCC(=O)O. The molecule has 0 aliphatic rings. The molecule has 0 aromatic carbocycles. The van der Waals surface area contributed by atoms with Crippen LogP contribution in [-0.4, -0.2) is 35.4 Å². The minimum atomic E-state index is -0.978. The second kappa shape index (κ2) is 9.49. The summed E-state index contributed by atoms with van der Waals surface area (Å²) in [4.78, 5) is 33.0. The fourth-order valence-corrected chi connectivity index (χ4v) is 1.60. The first-order valence-electron chi connectivity index (χ1n) is 6.62. The Hall–Kier alpha value is -1.43. The van der Waals surface area contributed by atoms with E-state index in [2.05, 4.69) is 5.32 Å². The van der Waals surface area contributed by atoms with Gasteiger partial charge in [0.05, 0.1) is 12.5 Å². The number of ketones is 1. The fourth-order valence-electron chi connectivity index (χ4n) is 1.60. The molecule has 0 spiro atoms. The van der Waals surface area contributed by atoms with Crippen molar-refractivity contribution < 1.29 is 19.5 Å². The highest BCUT2D eigenvalue weighted by Gasteiger charge is 2.16. The number of carbonyl (C=O) groups excluding carboxylic acids is 2. The van der Waals surface area contributed by atoms with Crippen molar-refractivity contribution in [3.8, 4) is 0 Å². The first-order chi connectivity index (χ1) is 8.84. The van der Waals surface area contributed by atoms with E-state index in [4.69, 9.17) is 10.8 Å². The summed E-state index contributed by atoms with van der Waals surface area (Å²) in [6.07, 6.45) is 1.96. The van der Waals surface area contributed by atoms with Crippen molar-refractivity contribution in [2.45, 2.75) is 52.0 Å². The van der Waals surface area contributed by atoms with Crippen LogP contribution in [0.5, 0.6) is 0 Å². The number of aliphatic carboxylic acids is 1. The number of unbranched alkanes of at least 4 members (excludes halogenated alkanes) is 1. The Labute approximate surface area is 113 Å². The summed E-state index contributed by atoms with van der Waals surface area (Å²) in [6.45, 7) is 4.14. The van der Waals surface area contributed by atoms with E-state index in [-0.39, 0.29) is 30.4 Å². The van der Waals surface area contributed by atoms with E-state index >= 15 is 0 Å². The third-order valence-electron chi connectivity index (χ3n) is 2.76. The lowest BCUT2D eigenvalue weighted by Gasteiger charge is -2.12. The van der Waals surface area contributed by atoms with Crippen LogP contribution in [-0.2, 0) is 14.4 Å². The van der Waals surface area contributed by atoms with Crippen LogP contribution in [0, 0.1) is 5.92 Å². The summed E-state index contributed by atoms with van der Waals surface area (Å²) in [5.74, 6) is -1.23. The summed E-state index contributed by atoms with van der Waals surface area (Å²) >= 11 is 0. The Balaban J connectivity index is 3.57. The van der Waals surface area contributed by atoms with Crippen LogP contribution < -0.4 is 11.1 Å². The van der Waals surface area contributed by atoms with Crippen molar-refractivity contribution in [2.24, 2.45) is 11.7 Å². The number of rotatable bonds is 10. The van der Waals surface area contributed by atoms with Gasteiger partial charge in [-0.3, -0.25) is 14.4 Å². The Morgan fingerprint density at radius 3 is 2.32 bits per heavy atom. The van der Waals surface area contributed by atoms with Gasteiger partial charge in [0.1, 0.15) is 0 Å². The van der Waals surface area contributed by atoms with Gasteiger partial charge in [-0.25, -0.2) is 0 Å². The van der Waals surface area contributed by atoms with Crippen molar-refractivity contribution in [3.63, 3.8) is 0 Å². The minimum Gasteiger partial charge on any atom is -0.481 e. The minimum absolute atomic E-state index is 0.000677. The third-order valence-corrected chi connectivity index (χ3v) is 2.76. The summed E-state index contributed by atoms with van der Waals surface area (Å²) in [5.41, 5.74) is 5.74. The molecule has 0 radical (unpaired) electrons. The third kappa shape index (κ3) is 9.18. The largest absolute Gasteiger partial charge is 0.481 e. The van der Waals surface area contributed by atoms with E-state index in [9.17, 15) is 14.4 Å². The quantitative estimate of drug-likeness (QED) is 0.507. The molecule has 0 rings (SSSR count). The molecule has 0 aliphatic carbocycles.